The van der Waals surface area contributed by atoms with E-state index in [0.717, 1.165) is 6.04 Å². The van der Waals surface area contributed by atoms with Gasteiger partial charge >= 0.3 is 0 Å². The van der Waals surface area contributed by atoms with Gasteiger partial charge in [0.2, 0.25) is 0 Å². The molecule has 2 unspecified atom stereocenters. The number of aryl methyl sites for hydroxylation is 2. The summed E-state index contributed by atoms with van der Waals surface area (Å²) in [5.41, 5.74) is 5.82. The smallest absolute Gasteiger partial charge is 0.0284 e. The number of nitrogens with zero attached hydrogens (tertiary/aromatic N) is 1. The first-order chi connectivity index (χ1) is 8.15. The van der Waals surface area contributed by atoms with Crippen LogP contribution in [0.2, 0.25) is 0 Å². The molecule has 2 atom stereocenters. The Balaban J connectivity index is 0.00000120. The maximum Gasteiger partial charge on any atom is 0.0284 e. The molecule has 98 valence electrons. The highest BCUT2D eigenvalue weighted by Crippen LogP contribution is 2.37. The Bertz CT molecular complexity index is 478. The first kappa shape index (κ1) is 13.6. The monoisotopic (exact) mass is 263 g/mol. The highest BCUT2D eigenvalue weighted by Gasteiger charge is 2.33. The van der Waals surface area contributed by atoms with E-state index in [2.05, 4.69) is 50.1 Å². The predicted molar refractivity (Wildman–Crippen MR) is 80.3 cm³/mol. The van der Waals surface area contributed by atoms with Crippen LogP contribution in [-0.2, 0) is 0 Å². The molecule has 0 aliphatic carbocycles. The highest BCUT2D eigenvalue weighted by atomic mass is 35.5. The molecule has 0 amide bonds. The van der Waals surface area contributed by atoms with E-state index >= 15 is 0 Å². The molecular formula is C16H22ClN. The molecule has 0 aromatic heterocycles. The maximum absolute atomic E-state index is 2.55. The van der Waals surface area contributed by atoms with Crippen LogP contribution in [0.3, 0.4) is 0 Å². The van der Waals surface area contributed by atoms with Crippen molar-refractivity contribution in [1.29, 1.82) is 0 Å². The number of likely N-dealkylation sites (N-methyl/N-ethyl adjacent to an activating group) is 1. The van der Waals surface area contributed by atoms with Crippen LogP contribution in [-0.4, -0.2) is 24.0 Å². The molecule has 2 bridgehead atoms. The molecule has 1 aromatic carbocycles. The summed E-state index contributed by atoms with van der Waals surface area (Å²) >= 11 is 0. The summed E-state index contributed by atoms with van der Waals surface area (Å²) in [5.74, 6) is 0. The van der Waals surface area contributed by atoms with Crippen molar-refractivity contribution < 1.29 is 0 Å². The highest BCUT2D eigenvalue weighted by molar-refractivity contribution is 5.85. The molecule has 1 saturated heterocycles. The number of hydrogen-bond donors (Lipinski definition) is 0. The van der Waals surface area contributed by atoms with Crippen LogP contribution in [0.4, 0.5) is 0 Å². The van der Waals surface area contributed by atoms with Crippen molar-refractivity contribution in [3.05, 3.63) is 41.0 Å². The lowest BCUT2D eigenvalue weighted by Gasteiger charge is -2.30. The Labute approximate surface area is 116 Å². The Kier molecular flexibility index (Phi) is 3.84. The number of halogens is 1. The van der Waals surface area contributed by atoms with Crippen molar-refractivity contribution in [2.75, 3.05) is 7.05 Å². The molecule has 0 saturated carbocycles. The quantitative estimate of drug-likeness (QED) is 0.741. The third-order valence-electron chi connectivity index (χ3n) is 4.62. The number of fused-ring (bicyclic) bond motifs is 2. The zero-order valence-corrected chi connectivity index (χ0v) is 12.3. The summed E-state index contributed by atoms with van der Waals surface area (Å²) < 4.78 is 0. The summed E-state index contributed by atoms with van der Waals surface area (Å²) in [4.78, 5) is 2.55. The van der Waals surface area contributed by atoms with Gasteiger partial charge in [0.1, 0.15) is 0 Å². The Morgan fingerprint density at radius 2 is 1.89 bits per heavy atom. The van der Waals surface area contributed by atoms with Crippen LogP contribution < -0.4 is 0 Å². The van der Waals surface area contributed by atoms with Gasteiger partial charge in [-0.15, -0.1) is 12.4 Å². The zero-order chi connectivity index (χ0) is 12.0. The second kappa shape index (κ2) is 5.07. The van der Waals surface area contributed by atoms with E-state index in [1.807, 2.05) is 0 Å². The Hall–Kier alpha value is -0.790. The molecule has 2 aliphatic rings. The largest absolute Gasteiger partial charge is 0.297 e. The van der Waals surface area contributed by atoms with E-state index in [4.69, 9.17) is 0 Å². The van der Waals surface area contributed by atoms with Crippen LogP contribution in [0, 0.1) is 13.8 Å². The lowest BCUT2D eigenvalue weighted by Crippen LogP contribution is -2.34. The fourth-order valence-electron chi connectivity index (χ4n) is 3.20. The Morgan fingerprint density at radius 3 is 2.56 bits per heavy atom. The first-order valence-electron chi connectivity index (χ1n) is 6.65. The molecule has 2 heteroatoms. The lowest BCUT2D eigenvalue weighted by atomic mass is 9.93. The molecular weight excluding hydrogens is 242 g/mol. The van der Waals surface area contributed by atoms with Gasteiger partial charge in [-0.2, -0.15) is 0 Å². The van der Waals surface area contributed by atoms with Gasteiger partial charge in [0.15, 0.2) is 0 Å². The van der Waals surface area contributed by atoms with E-state index in [-0.39, 0.29) is 12.4 Å². The van der Waals surface area contributed by atoms with Crippen LogP contribution in [0.1, 0.15) is 36.0 Å². The van der Waals surface area contributed by atoms with E-state index in [1.54, 1.807) is 5.57 Å². The molecule has 1 nitrogen and oxygen atoms in total. The predicted octanol–water partition coefficient (Wildman–Crippen LogP) is 3.98. The fraction of sp³-hybridized carbons (Fsp3) is 0.500. The van der Waals surface area contributed by atoms with E-state index in [9.17, 15) is 0 Å². The van der Waals surface area contributed by atoms with Gasteiger partial charge in [0.25, 0.3) is 0 Å². The minimum absolute atomic E-state index is 0. The average molecular weight is 264 g/mol. The van der Waals surface area contributed by atoms with Gasteiger partial charge in [0.05, 0.1) is 0 Å². The molecule has 0 spiro atoms. The fourth-order valence-corrected chi connectivity index (χ4v) is 3.20. The van der Waals surface area contributed by atoms with Crippen molar-refractivity contribution >= 4 is 18.0 Å². The SMILES string of the molecule is Cc1ccc(C2=CC3CCC(C2)N3C)cc1C.Cl. The van der Waals surface area contributed by atoms with Gasteiger partial charge in [-0.3, -0.25) is 4.90 Å². The van der Waals surface area contributed by atoms with Crippen molar-refractivity contribution in [2.45, 2.75) is 45.2 Å². The van der Waals surface area contributed by atoms with Crippen molar-refractivity contribution in [1.82, 2.24) is 4.90 Å². The first-order valence-corrected chi connectivity index (χ1v) is 6.65. The van der Waals surface area contributed by atoms with Crippen LogP contribution >= 0.6 is 12.4 Å². The van der Waals surface area contributed by atoms with Crippen LogP contribution in [0.5, 0.6) is 0 Å². The van der Waals surface area contributed by atoms with E-state index in [1.165, 1.54) is 36.0 Å². The van der Waals surface area contributed by atoms with Gasteiger partial charge < -0.3 is 0 Å². The van der Waals surface area contributed by atoms with Gasteiger partial charge in [-0.05, 0) is 62.4 Å². The van der Waals surface area contributed by atoms with Crippen molar-refractivity contribution in [3.8, 4) is 0 Å². The number of rotatable bonds is 1. The Morgan fingerprint density at radius 1 is 1.11 bits per heavy atom. The molecule has 18 heavy (non-hydrogen) atoms. The van der Waals surface area contributed by atoms with Crippen molar-refractivity contribution in [3.63, 3.8) is 0 Å². The van der Waals surface area contributed by atoms with Gasteiger partial charge in [-0.25, -0.2) is 0 Å². The number of benzene rings is 1. The van der Waals surface area contributed by atoms with Crippen LogP contribution in [0.15, 0.2) is 24.3 Å². The molecule has 0 N–H and O–H groups in total. The summed E-state index contributed by atoms with van der Waals surface area (Å²) in [6, 6.07) is 8.36. The molecule has 2 aliphatic heterocycles. The van der Waals surface area contributed by atoms with Crippen molar-refractivity contribution in [2.24, 2.45) is 0 Å². The minimum Gasteiger partial charge on any atom is -0.297 e. The van der Waals surface area contributed by atoms with Gasteiger partial charge in [-0.1, -0.05) is 24.3 Å². The molecule has 1 fully saturated rings. The molecule has 3 rings (SSSR count). The second-order valence-corrected chi connectivity index (χ2v) is 5.66. The third-order valence-corrected chi connectivity index (χ3v) is 4.62. The lowest BCUT2D eigenvalue weighted by molar-refractivity contribution is 0.264. The summed E-state index contributed by atoms with van der Waals surface area (Å²) in [5, 5.41) is 0. The molecule has 0 radical (unpaired) electrons. The normalized spacial score (nSPS) is 26.7. The summed E-state index contributed by atoms with van der Waals surface area (Å²) in [6.45, 7) is 4.40. The standard InChI is InChI=1S/C16H21N.ClH/c1-11-4-5-13(8-12(11)2)14-9-15-6-7-16(10-14)17(15)3;/h4-5,8-9,15-16H,6-7,10H2,1-3H3;1H. The minimum atomic E-state index is 0. The maximum atomic E-state index is 2.55. The second-order valence-electron chi connectivity index (χ2n) is 5.66. The van der Waals surface area contributed by atoms with Gasteiger partial charge in [0, 0.05) is 12.1 Å². The third kappa shape index (κ3) is 2.22. The average Bonchev–Trinajstić information content (AvgIpc) is 2.55. The zero-order valence-electron chi connectivity index (χ0n) is 11.4. The molecule has 1 aromatic rings. The van der Waals surface area contributed by atoms with E-state index in [0.29, 0.717) is 6.04 Å². The molecule has 2 heterocycles. The summed E-state index contributed by atoms with van der Waals surface area (Å²) in [7, 11) is 2.27. The van der Waals surface area contributed by atoms with E-state index < -0.39 is 0 Å². The topological polar surface area (TPSA) is 3.24 Å². The number of hydrogen-bond acceptors (Lipinski definition) is 1. The summed E-state index contributed by atoms with van der Waals surface area (Å²) in [6.07, 6.45) is 6.44. The van der Waals surface area contributed by atoms with Crippen LogP contribution in [0.25, 0.3) is 5.57 Å².